The molecule has 6 heteroatoms. The molecule has 2 aromatic rings. The standard InChI is InChI=1S/C20H19NO5/c1-24-19(22)17-12-21(9-10-25-17)20(23)26-16-8-4-6-14-11-13-5-2-3-7-15(13)18(14)16/h2-8,17H,9-12H2,1H3. The molecule has 26 heavy (non-hydrogen) atoms. The van der Waals surface area contributed by atoms with Gasteiger partial charge in [0.1, 0.15) is 5.75 Å². The second kappa shape index (κ2) is 6.80. The molecule has 0 saturated carbocycles. The van der Waals surface area contributed by atoms with Crippen molar-refractivity contribution in [2.75, 3.05) is 26.8 Å². The van der Waals surface area contributed by atoms with Crippen molar-refractivity contribution in [3.63, 3.8) is 0 Å². The van der Waals surface area contributed by atoms with Gasteiger partial charge in [-0.05, 0) is 29.2 Å². The van der Waals surface area contributed by atoms with E-state index in [4.69, 9.17) is 14.2 Å². The van der Waals surface area contributed by atoms with Gasteiger partial charge in [0.25, 0.3) is 0 Å². The molecule has 0 spiro atoms. The molecular formula is C20H19NO5. The van der Waals surface area contributed by atoms with Gasteiger partial charge < -0.3 is 19.1 Å². The molecular weight excluding hydrogens is 334 g/mol. The van der Waals surface area contributed by atoms with Crippen molar-refractivity contribution in [2.45, 2.75) is 12.5 Å². The first-order valence-corrected chi connectivity index (χ1v) is 8.53. The highest BCUT2D eigenvalue weighted by Crippen LogP contribution is 2.42. The molecule has 1 amide bonds. The summed E-state index contributed by atoms with van der Waals surface area (Å²) >= 11 is 0. The summed E-state index contributed by atoms with van der Waals surface area (Å²) < 4.78 is 15.7. The summed E-state index contributed by atoms with van der Waals surface area (Å²) in [4.78, 5) is 25.8. The number of amides is 1. The molecule has 134 valence electrons. The highest BCUT2D eigenvalue weighted by atomic mass is 16.6. The van der Waals surface area contributed by atoms with Crippen molar-refractivity contribution >= 4 is 12.1 Å². The van der Waals surface area contributed by atoms with E-state index in [1.54, 1.807) is 6.07 Å². The average molecular weight is 353 g/mol. The smallest absolute Gasteiger partial charge is 0.415 e. The third-order valence-corrected chi connectivity index (χ3v) is 4.77. The zero-order valence-corrected chi connectivity index (χ0v) is 14.4. The van der Waals surface area contributed by atoms with Crippen LogP contribution < -0.4 is 4.74 Å². The van der Waals surface area contributed by atoms with Gasteiger partial charge in [-0.15, -0.1) is 0 Å². The summed E-state index contributed by atoms with van der Waals surface area (Å²) in [6.45, 7) is 0.764. The summed E-state index contributed by atoms with van der Waals surface area (Å²) in [7, 11) is 1.30. The highest BCUT2D eigenvalue weighted by Gasteiger charge is 2.32. The number of morpholine rings is 1. The average Bonchev–Trinajstić information content (AvgIpc) is 3.07. The van der Waals surface area contributed by atoms with Gasteiger partial charge in [-0.25, -0.2) is 9.59 Å². The normalized spacial score (nSPS) is 18.0. The molecule has 2 aromatic carbocycles. The molecule has 0 bridgehead atoms. The Bertz CT molecular complexity index is 863. The Labute approximate surface area is 151 Å². The van der Waals surface area contributed by atoms with Crippen LogP contribution in [0.15, 0.2) is 42.5 Å². The van der Waals surface area contributed by atoms with Crippen molar-refractivity contribution in [1.82, 2.24) is 4.90 Å². The van der Waals surface area contributed by atoms with Gasteiger partial charge in [0.05, 0.1) is 20.3 Å². The Morgan fingerprint density at radius 2 is 1.92 bits per heavy atom. The van der Waals surface area contributed by atoms with Gasteiger partial charge in [-0.1, -0.05) is 36.4 Å². The number of esters is 1. The molecule has 1 saturated heterocycles. The zero-order chi connectivity index (χ0) is 18.1. The number of hydrogen-bond acceptors (Lipinski definition) is 5. The maximum atomic E-state index is 12.6. The van der Waals surface area contributed by atoms with Crippen LogP contribution in [0.25, 0.3) is 11.1 Å². The van der Waals surface area contributed by atoms with Gasteiger partial charge >= 0.3 is 12.1 Å². The maximum absolute atomic E-state index is 12.6. The number of fused-ring (bicyclic) bond motifs is 3. The van der Waals surface area contributed by atoms with Crippen LogP contribution in [0.1, 0.15) is 11.1 Å². The Kier molecular flexibility index (Phi) is 4.34. The molecule has 1 unspecified atom stereocenters. The Balaban J connectivity index is 1.55. The van der Waals surface area contributed by atoms with E-state index in [-0.39, 0.29) is 13.2 Å². The van der Waals surface area contributed by atoms with Crippen LogP contribution in [-0.4, -0.2) is 49.9 Å². The first-order valence-electron chi connectivity index (χ1n) is 8.53. The first-order chi connectivity index (χ1) is 12.7. The number of benzene rings is 2. The monoisotopic (exact) mass is 353 g/mol. The Morgan fingerprint density at radius 1 is 1.12 bits per heavy atom. The molecule has 2 aliphatic rings. The van der Waals surface area contributed by atoms with E-state index in [9.17, 15) is 9.59 Å². The second-order valence-electron chi connectivity index (χ2n) is 6.32. The lowest BCUT2D eigenvalue weighted by Gasteiger charge is -2.30. The van der Waals surface area contributed by atoms with E-state index in [1.807, 2.05) is 24.3 Å². The molecule has 1 atom stereocenters. The number of nitrogens with zero attached hydrogens (tertiary/aromatic N) is 1. The van der Waals surface area contributed by atoms with Gasteiger partial charge in [-0.2, -0.15) is 0 Å². The third-order valence-electron chi connectivity index (χ3n) is 4.77. The highest BCUT2D eigenvalue weighted by molar-refractivity contribution is 5.84. The van der Waals surface area contributed by atoms with Crippen LogP contribution in [0.2, 0.25) is 0 Å². The van der Waals surface area contributed by atoms with E-state index in [2.05, 4.69) is 12.1 Å². The van der Waals surface area contributed by atoms with E-state index in [0.29, 0.717) is 12.3 Å². The predicted octanol–water partition coefficient (Wildman–Crippen LogP) is 2.63. The number of methoxy groups -OCH3 is 1. The fourth-order valence-electron chi connectivity index (χ4n) is 3.49. The second-order valence-corrected chi connectivity index (χ2v) is 6.32. The number of rotatable bonds is 2. The zero-order valence-electron chi connectivity index (χ0n) is 14.4. The third kappa shape index (κ3) is 2.93. The summed E-state index contributed by atoms with van der Waals surface area (Å²) in [6, 6.07) is 13.9. The SMILES string of the molecule is COC(=O)C1CN(C(=O)Oc2cccc3c2-c2ccccc2C3)CCO1. The van der Waals surface area contributed by atoms with E-state index in [1.165, 1.54) is 17.6 Å². The fraction of sp³-hybridized carbons (Fsp3) is 0.300. The van der Waals surface area contributed by atoms with Crippen LogP contribution in [-0.2, 0) is 20.7 Å². The quantitative estimate of drug-likeness (QED) is 0.663. The van der Waals surface area contributed by atoms with Crippen molar-refractivity contribution in [2.24, 2.45) is 0 Å². The number of carbonyl (C=O) groups excluding carboxylic acids is 2. The van der Waals surface area contributed by atoms with Crippen LogP contribution in [0.5, 0.6) is 5.75 Å². The van der Waals surface area contributed by atoms with Crippen LogP contribution in [0, 0.1) is 0 Å². The van der Waals surface area contributed by atoms with Crippen molar-refractivity contribution in [3.8, 4) is 16.9 Å². The predicted molar refractivity (Wildman–Crippen MR) is 94.0 cm³/mol. The van der Waals surface area contributed by atoms with Crippen molar-refractivity contribution < 1.29 is 23.8 Å². The molecule has 1 aliphatic carbocycles. The molecule has 4 rings (SSSR count). The molecule has 6 nitrogen and oxygen atoms in total. The molecule has 1 aliphatic heterocycles. The molecule has 0 N–H and O–H groups in total. The first kappa shape index (κ1) is 16.6. The fourth-order valence-corrected chi connectivity index (χ4v) is 3.49. The maximum Gasteiger partial charge on any atom is 0.415 e. The number of carbonyl (C=O) groups is 2. The van der Waals surface area contributed by atoms with Crippen LogP contribution in [0.4, 0.5) is 4.79 Å². The summed E-state index contributed by atoms with van der Waals surface area (Å²) in [5, 5.41) is 0. The van der Waals surface area contributed by atoms with Gasteiger partial charge in [-0.3, -0.25) is 0 Å². The molecule has 0 aromatic heterocycles. The lowest BCUT2D eigenvalue weighted by atomic mass is 10.1. The summed E-state index contributed by atoms with van der Waals surface area (Å²) in [6.07, 6.45) is -0.428. The summed E-state index contributed by atoms with van der Waals surface area (Å²) in [5.41, 5.74) is 4.43. The minimum absolute atomic E-state index is 0.122. The van der Waals surface area contributed by atoms with Gasteiger partial charge in [0, 0.05) is 12.1 Å². The van der Waals surface area contributed by atoms with Crippen LogP contribution in [0.3, 0.4) is 0 Å². The Morgan fingerprint density at radius 3 is 2.77 bits per heavy atom. The number of hydrogen-bond donors (Lipinski definition) is 0. The van der Waals surface area contributed by atoms with Crippen molar-refractivity contribution in [1.29, 1.82) is 0 Å². The lowest BCUT2D eigenvalue weighted by molar-refractivity contribution is -0.158. The molecule has 0 radical (unpaired) electrons. The Hall–Kier alpha value is -2.86. The van der Waals surface area contributed by atoms with Crippen molar-refractivity contribution in [3.05, 3.63) is 53.6 Å². The largest absolute Gasteiger partial charge is 0.467 e. The number of ether oxygens (including phenoxy) is 3. The summed E-state index contributed by atoms with van der Waals surface area (Å²) in [5.74, 6) is 0.0515. The van der Waals surface area contributed by atoms with Crippen LogP contribution >= 0.6 is 0 Å². The minimum atomic E-state index is -0.775. The minimum Gasteiger partial charge on any atom is -0.467 e. The lowest BCUT2D eigenvalue weighted by Crippen LogP contribution is -2.49. The van der Waals surface area contributed by atoms with E-state index in [0.717, 1.165) is 23.1 Å². The molecule has 1 fully saturated rings. The van der Waals surface area contributed by atoms with Gasteiger partial charge in [0.2, 0.25) is 0 Å². The van der Waals surface area contributed by atoms with Gasteiger partial charge in [0.15, 0.2) is 6.10 Å². The topological polar surface area (TPSA) is 65.1 Å². The molecule has 1 heterocycles. The van der Waals surface area contributed by atoms with E-state index >= 15 is 0 Å². The van der Waals surface area contributed by atoms with E-state index < -0.39 is 18.2 Å².